The molecule has 0 saturated heterocycles. The standard InChI is InChI=1S/C17H18ClFN6S/c18-9-4-12-13(8-25(26)17(12)22-6-9)15-21-7-14(19)16(24-15)23-11-3-1-2-10(20)5-11/h4,6-8,10-11,26H,1-3,5,20H2,(H,21,23,24). The number of fused-ring (bicyclic) bond motifs is 1. The third-order valence-electron chi connectivity index (χ3n) is 4.63. The Labute approximate surface area is 160 Å². The van der Waals surface area contributed by atoms with Gasteiger partial charge in [-0.1, -0.05) is 24.4 Å². The monoisotopic (exact) mass is 392 g/mol. The van der Waals surface area contributed by atoms with Gasteiger partial charge in [0.2, 0.25) is 0 Å². The lowest BCUT2D eigenvalue weighted by molar-refractivity contribution is 0.407. The van der Waals surface area contributed by atoms with Crippen molar-refractivity contribution in [1.29, 1.82) is 0 Å². The molecular weight excluding hydrogens is 375 g/mol. The van der Waals surface area contributed by atoms with Crippen LogP contribution in [0.3, 0.4) is 0 Å². The second-order valence-corrected chi connectivity index (χ2v) is 7.44. The van der Waals surface area contributed by atoms with E-state index in [-0.39, 0.29) is 17.9 Å². The van der Waals surface area contributed by atoms with Crippen LogP contribution in [0.15, 0.2) is 24.7 Å². The lowest BCUT2D eigenvalue weighted by atomic mass is 9.92. The van der Waals surface area contributed by atoms with Crippen LogP contribution >= 0.6 is 24.4 Å². The zero-order valence-corrected chi connectivity index (χ0v) is 15.5. The predicted molar refractivity (Wildman–Crippen MR) is 104 cm³/mol. The van der Waals surface area contributed by atoms with Gasteiger partial charge in [-0.3, -0.25) is 3.97 Å². The highest BCUT2D eigenvalue weighted by molar-refractivity contribution is 7.78. The van der Waals surface area contributed by atoms with Crippen LogP contribution in [0.1, 0.15) is 25.7 Å². The molecule has 0 spiro atoms. The highest BCUT2D eigenvalue weighted by atomic mass is 35.5. The van der Waals surface area contributed by atoms with E-state index >= 15 is 0 Å². The number of nitrogens with one attached hydrogen (secondary N) is 1. The van der Waals surface area contributed by atoms with E-state index in [4.69, 9.17) is 17.3 Å². The SMILES string of the molecule is NC1CCCC(Nc2nc(-c3cn(S)c4ncc(Cl)cc34)ncc2F)C1. The maximum atomic E-state index is 14.2. The Morgan fingerprint density at radius 2 is 2.15 bits per heavy atom. The Morgan fingerprint density at radius 1 is 1.31 bits per heavy atom. The number of nitrogens with two attached hydrogens (primary N) is 1. The number of rotatable bonds is 3. The van der Waals surface area contributed by atoms with Crippen LogP contribution in [-0.2, 0) is 0 Å². The highest BCUT2D eigenvalue weighted by Gasteiger charge is 2.22. The summed E-state index contributed by atoms with van der Waals surface area (Å²) in [7, 11) is 0. The Hall–Kier alpha value is -1.90. The van der Waals surface area contributed by atoms with Crippen LogP contribution in [0.4, 0.5) is 10.2 Å². The minimum atomic E-state index is -0.487. The molecule has 3 heterocycles. The second kappa shape index (κ2) is 7.02. The maximum absolute atomic E-state index is 14.2. The van der Waals surface area contributed by atoms with Gasteiger partial charge in [-0.05, 0) is 31.7 Å². The van der Waals surface area contributed by atoms with Crippen LogP contribution in [0, 0.1) is 5.82 Å². The molecule has 1 aliphatic rings. The molecule has 3 aromatic heterocycles. The topological polar surface area (TPSA) is 81.6 Å². The van der Waals surface area contributed by atoms with E-state index in [0.717, 1.165) is 31.1 Å². The molecule has 26 heavy (non-hydrogen) atoms. The molecule has 1 fully saturated rings. The summed E-state index contributed by atoms with van der Waals surface area (Å²) >= 11 is 10.4. The van der Waals surface area contributed by atoms with Crippen molar-refractivity contribution in [3.05, 3.63) is 35.5 Å². The summed E-state index contributed by atoms with van der Waals surface area (Å²) in [6.07, 6.45) is 8.24. The minimum Gasteiger partial charge on any atom is -0.365 e. The zero-order valence-electron chi connectivity index (χ0n) is 13.9. The first kappa shape index (κ1) is 17.5. The Bertz CT molecular complexity index is 962. The smallest absolute Gasteiger partial charge is 0.183 e. The fourth-order valence-corrected chi connectivity index (χ4v) is 3.83. The first-order valence-electron chi connectivity index (χ1n) is 8.42. The first-order valence-corrected chi connectivity index (χ1v) is 9.20. The molecule has 136 valence electrons. The Balaban J connectivity index is 1.71. The fourth-order valence-electron chi connectivity index (χ4n) is 3.39. The molecule has 0 amide bonds. The minimum absolute atomic E-state index is 0.110. The van der Waals surface area contributed by atoms with Gasteiger partial charge in [0, 0.05) is 35.4 Å². The molecule has 2 atom stereocenters. The summed E-state index contributed by atoms with van der Waals surface area (Å²) in [6.45, 7) is 0. The molecule has 0 aromatic carbocycles. The molecular formula is C17H18ClFN6S. The average Bonchev–Trinajstić information content (AvgIpc) is 2.93. The molecule has 1 saturated carbocycles. The molecule has 3 aromatic rings. The predicted octanol–water partition coefficient (Wildman–Crippen LogP) is 3.66. The van der Waals surface area contributed by atoms with E-state index in [2.05, 4.69) is 33.1 Å². The number of hydrogen-bond acceptors (Lipinski definition) is 6. The summed E-state index contributed by atoms with van der Waals surface area (Å²) in [5, 5.41) is 4.43. The van der Waals surface area contributed by atoms with E-state index in [9.17, 15) is 4.39 Å². The summed E-state index contributed by atoms with van der Waals surface area (Å²) in [4.78, 5) is 12.8. The quantitative estimate of drug-likeness (QED) is 0.592. The van der Waals surface area contributed by atoms with Crippen molar-refractivity contribution < 1.29 is 4.39 Å². The van der Waals surface area contributed by atoms with Crippen LogP contribution in [-0.4, -0.2) is 31.0 Å². The molecule has 1 aliphatic carbocycles. The molecule has 9 heteroatoms. The Kier molecular flexibility index (Phi) is 4.73. The van der Waals surface area contributed by atoms with E-state index < -0.39 is 5.82 Å². The highest BCUT2D eigenvalue weighted by Crippen LogP contribution is 2.31. The van der Waals surface area contributed by atoms with Gasteiger partial charge in [0.15, 0.2) is 23.1 Å². The Morgan fingerprint density at radius 3 is 2.96 bits per heavy atom. The van der Waals surface area contributed by atoms with Crippen molar-refractivity contribution in [2.75, 3.05) is 5.32 Å². The molecule has 0 bridgehead atoms. The van der Waals surface area contributed by atoms with E-state index in [1.807, 2.05) is 0 Å². The molecule has 6 nitrogen and oxygen atoms in total. The molecule has 0 radical (unpaired) electrons. The third-order valence-corrected chi connectivity index (χ3v) is 5.14. The number of halogens is 2. The van der Waals surface area contributed by atoms with Crippen molar-refractivity contribution in [1.82, 2.24) is 18.9 Å². The normalized spacial score (nSPS) is 20.5. The lowest BCUT2D eigenvalue weighted by Crippen LogP contribution is -2.35. The van der Waals surface area contributed by atoms with Crippen LogP contribution < -0.4 is 11.1 Å². The van der Waals surface area contributed by atoms with Crippen molar-refractivity contribution in [3.63, 3.8) is 0 Å². The average molecular weight is 393 g/mol. The number of pyridine rings is 1. The second-order valence-electron chi connectivity index (χ2n) is 6.57. The van der Waals surface area contributed by atoms with Crippen molar-refractivity contribution in [2.45, 2.75) is 37.8 Å². The van der Waals surface area contributed by atoms with E-state index in [1.165, 1.54) is 6.20 Å². The summed E-state index contributed by atoms with van der Waals surface area (Å²) < 4.78 is 15.8. The van der Waals surface area contributed by atoms with Gasteiger partial charge in [0.05, 0.1) is 11.2 Å². The van der Waals surface area contributed by atoms with Gasteiger partial charge in [-0.2, -0.15) is 0 Å². The van der Waals surface area contributed by atoms with Crippen molar-refractivity contribution in [2.24, 2.45) is 5.73 Å². The van der Waals surface area contributed by atoms with Crippen molar-refractivity contribution in [3.8, 4) is 11.4 Å². The number of aromatic nitrogens is 4. The van der Waals surface area contributed by atoms with Crippen LogP contribution in [0.5, 0.6) is 0 Å². The van der Waals surface area contributed by atoms with Gasteiger partial charge in [0.1, 0.15) is 0 Å². The molecule has 4 rings (SSSR count). The third kappa shape index (κ3) is 3.36. The van der Waals surface area contributed by atoms with Gasteiger partial charge < -0.3 is 11.1 Å². The summed E-state index contributed by atoms with van der Waals surface area (Å²) in [5.41, 5.74) is 7.34. The summed E-state index contributed by atoms with van der Waals surface area (Å²) in [6, 6.07) is 2.02. The number of nitrogens with zero attached hydrogens (tertiary/aromatic N) is 4. The zero-order chi connectivity index (χ0) is 18.3. The number of thiol groups is 1. The largest absolute Gasteiger partial charge is 0.365 e. The molecule has 0 aliphatic heterocycles. The van der Waals surface area contributed by atoms with Gasteiger partial charge in [-0.15, -0.1) is 0 Å². The van der Waals surface area contributed by atoms with E-state index in [0.29, 0.717) is 22.1 Å². The molecule has 3 N–H and O–H groups in total. The van der Waals surface area contributed by atoms with Gasteiger partial charge >= 0.3 is 0 Å². The van der Waals surface area contributed by atoms with Gasteiger partial charge in [0.25, 0.3) is 0 Å². The fraction of sp³-hybridized carbons (Fsp3) is 0.353. The van der Waals surface area contributed by atoms with Crippen molar-refractivity contribution >= 4 is 41.3 Å². The number of hydrogen-bond donors (Lipinski definition) is 3. The summed E-state index contributed by atoms with van der Waals surface area (Å²) in [5.74, 6) is 0.0821. The van der Waals surface area contributed by atoms with E-state index in [1.54, 1.807) is 22.4 Å². The first-order chi connectivity index (χ1) is 12.5. The molecule has 2 unspecified atom stereocenters. The maximum Gasteiger partial charge on any atom is 0.183 e. The number of anilines is 1. The van der Waals surface area contributed by atoms with Crippen LogP contribution in [0.25, 0.3) is 22.4 Å². The lowest BCUT2D eigenvalue weighted by Gasteiger charge is -2.27. The van der Waals surface area contributed by atoms with Crippen LogP contribution in [0.2, 0.25) is 5.02 Å². The van der Waals surface area contributed by atoms with Gasteiger partial charge in [-0.25, -0.2) is 19.3 Å².